The normalized spacial score (nSPS) is 11.9. The van der Waals surface area contributed by atoms with Gasteiger partial charge in [0, 0.05) is 0 Å². The average molecular weight is 207 g/mol. The van der Waals surface area contributed by atoms with E-state index in [-0.39, 0.29) is 11.7 Å². The number of hydroxylamine groups is 1. The third-order valence-electron chi connectivity index (χ3n) is 1.40. The van der Waals surface area contributed by atoms with E-state index >= 15 is 0 Å². The molecular weight excluding hydrogens is 194 g/mol. The molecule has 1 unspecified atom stereocenters. The summed E-state index contributed by atoms with van der Waals surface area (Å²) in [6.07, 6.45) is 0.550. The van der Waals surface area contributed by atoms with Gasteiger partial charge in [0.1, 0.15) is 0 Å². The maximum absolute atomic E-state index is 10.9. The lowest BCUT2D eigenvalue weighted by Crippen LogP contribution is -2.30. The van der Waals surface area contributed by atoms with Gasteiger partial charge in [-0.25, -0.2) is 5.48 Å². The SMILES string of the molecule is CCC(SCC(=O)OC)C(=O)NO. The topological polar surface area (TPSA) is 75.6 Å². The Morgan fingerprint density at radius 3 is 2.62 bits per heavy atom. The first-order valence-corrected chi connectivity index (χ1v) is 4.82. The minimum absolute atomic E-state index is 0.114. The summed E-state index contributed by atoms with van der Waals surface area (Å²) in [5, 5.41) is 7.92. The lowest BCUT2D eigenvalue weighted by atomic mass is 10.3. The molecule has 0 aliphatic rings. The highest BCUT2D eigenvalue weighted by atomic mass is 32.2. The molecule has 6 heteroatoms. The highest BCUT2D eigenvalue weighted by molar-refractivity contribution is 8.01. The van der Waals surface area contributed by atoms with E-state index in [1.165, 1.54) is 7.11 Å². The fourth-order valence-corrected chi connectivity index (χ4v) is 1.57. The van der Waals surface area contributed by atoms with Crippen LogP contribution in [0.15, 0.2) is 0 Å². The van der Waals surface area contributed by atoms with Gasteiger partial charge in [0.25, 0.3) is 5.91 Å². The second kappa shape index (κ2) is 6.73. The largest absolute Gasteiger partial charge is 0.468 e. The second-order valence-electron chi connectivity index (χ2n) is 2.26. The van der Waals surface area contributed by atoms with Crippen LogP contribution in [0.1, 0.15) is 13.3 Å². The van der Waals surface area contributed by atoms with Crippen molar-refractivity contribution in [3.05, 3.63) is 0 Å². The standard InChI is InChI=1S/C7H13NO4S/c1-3-5(7(10)8-11)13-4-6(9)12-2/h5,11H,3-4H2,1-2H3,(H,8,10). The fraction of sp³-hybridized carbons (Fsp3) is 0.714. The predicted molar refractivity (Wildman–Crippen MR) is 48.5 cm³/mol. The Morgan fingerprint density at radius 1 is 1.62 bits per heavy atom. The zero-order chi connectivity index (χ0) is 10.3. The smallest absolute Gasteiger partial charge is 0.315 e. The number of esters is 1. The summed E-state index contributed by atoms with van der Waals surface area (Å²) in [5.41, 5.74) is 1.55. The molecule has 13 heavy (non-hydrogen) atoms. The minimum Gasteiger partial charge on any atom is -0.468 e. The Balaban J connectivity index is 3.85. The molecule has 0 aliphatic heterocycles. The van der Waals surface area contributed by atoms with Crippen molar-refractivity contribution >= 4 is 23.6 Å². The summed E-state index contributed by atoms with van der Waals surface area (Å²) in [6, 6.07) is 0. The van der Waals surface area contributed by atoms with Gasteiger partial charge in [0.05, 0.1) is 18.1 Å². The predicted octanol–water partition coefficient (Wildman–Crippen LogP) is 0.177. The summed E-state index contributed by atoms with van der Waals surface area (Å²) < 4.78 is 4.40. The molecule has 0 radical (unpaired) electrons. The number of thioether (sulfide) groups is 1. The first-order chi connectivity index (χ1) is 6.15. The molecule has 1 amide bonds. The molecule has 0 bridgehead atoms. The summed E-state index contributed by atoms with van der Waals surface area (Å²) in [5.74, 6) is -0.756. The van der Waals surface area contributed by atoms with Gasteiger partial charge in [-0.2, -0.15) is 0 Å². The number of carbonyl (C=O) groups excluding carboxylic acids is 2. The Kier molecular flexibility index (Phi) is 6.34. The summed E-state index contributed by atoms with van der Waals surface area (Å²) in [6.45, 7) is 1.80. The number of ether oxygens (including phenoxy) is 1. The van der Waals surface area contributed by atoms with Crippen LogP contribution in [-0.2, 0) is 14.3 Å². The molecule has 76 valence electrons. The highest BCUT2D eigenvalue weighted by Gasteiger charge is 2.17. The molecule has 0 saturated carbocycles. The van der Waals surface area contributed by atoms with E-state index in [2.05, 4.69) is 4.74 Å². The maximum atomic E-state index is 10.9. The molecule has 2 N–H and O–H groups in total. The van der Waals surface area contributed by atoms with E-state index in [4.69, 9.17) is 5.21 Å². The van der Waals surface area contributed by atoms with E-state index in [0.717, 1.165) is 11.8 Å². The number of amides is 1. The van der Waals surface area contributed by atoms with Crippen LogP contribution in [0.4, 0.5) is 0 Å². The summed E-state index contributed by atoms with van der Waals surface area (Å²) in [7, 11) is 1.29. The van der Waals surface area contributed by atoms with Crippen molar-refractivity contribution in [1.29, 1.82) is 0 Å². The molecule has 0 fully saturated rings. The molecule has 1 atom stereocenters. The molecular formula is C7H13NO4S. The van der Waals surface area contributed by atoms with Crippen molar-refractivity contribution in [2.24, 2.45) is 0 Å². The number of carbonyl (C=O) groups is 2. The third kappa shape index (κ3) is 4.74. The van der Waals surface area contributed by atoms with Crippen LogP contribution in [0.3, 0.4) is 0 Å². The van der Waals surface area contributed by atoms with Crippen molar-refractivity contribution in [3.63, 3.8) is 0 Å². The van der Waals surface area contributed by atoms with Crippen LogP contribution >= 0.6 is 11.8 Å². The van der Waals surface area contributed by atoms with Gasteiger partial charge in [-0.05, 0) is 6.42 Å². The van der Waals surface area contributed by atoms with Crippen LogP contribution in [0.5, 0.6) is 0 Å². The number of rotatable bonds is 5. The Morgan fingerprint density at radius 2 is 2.23 bits per heavy atom. The molecule has 0 saturated heterocycles. The van der Waals surface area contributed by atoms with Crippen molar-refractivity contribution in [2.75, 3.05) is 12.9 Å². The first-order valence-electron chi connectivity index (χ1n) is 3.78. The monoisotopic (exact) mass is 207 g/mol. The van der Waals surface area contributed by atoms with Gasteiger partial charge in [0.2, 0.25) is 0 Å². The van der Waals surface area contributed by atoms with E-state index in [1.807, 2.05) is 0 Å². The van der Waals surface area contributed by atoms with E-state index in [0.29, 0.717) is 6.42 Å². The number of nitrogens with one attached hydrogen (secondary N) is 1. The van der Waals surface area contributed by atoms with Gasteiger partial charge in [-0.15, -0.1) is 11.8 Å². The highest BCUT2D eigenvalue weighted by Crippen LogP contribution is 2.14. The fourth-order valence-electron chi connectivity index (χ4n) is 0.678. The van der Waals surface area contributed by atoms with Crippen molar-refractivity contribution in [1.82, 2.24) is 5.48 Å². The van der Waals surface area contributed by atoms with Gasteiger partial charge >= 0.3 is 5.97 Å². The molecule has 0 aromatic rings. The summed E-state index contributed by atoms with van der Waals surface area (Å²) in [4.78, 5) is 21.6. The van der Waals surface area contributed by atoms with Gasteiger partial charge < -0.3 is 4.74 Å². The van der Waals surface area contributed by atoms with Crippen molar-refractivity contribution < 1.29 is 19.5 Å². The molecule has 0 aromatic heterocycles. The van der Waals surface area contributed by atoms with Crippen molar-refractivity contribution in [3.8, 4) is 0 Å². The number of methoxy groups -OCH3 is 1. The Hall–Kier alpha value is -0.750. The van der Waals surface area contributed by atoms with Gasteiger partial charge in [-0.3, -0.25) is 14.8 Å². The number of hydrogen-bond donors (Lipinski definition) is 2. The van der Waals surface area contributed by atoms with Crippen LogP contribution < -0.4 is 5.48 Å². The molecule has 5 nitrogen and oxygen atoms in total. The average Bonchev–Trinajstić information content (AvgIpc) is 2.17. The first kappa shape index (κ1) is 12.2. The second-order valence-corrected chi connectivity index (χ2v) is 3.45. The molecule has 0 rings (SSSR count). The lowest BCUT2D eigenvalue weighted by molar-refractivity contribution is -0.137. The van der Waals surface area contributed by atoms with E-state index < -0.39 is 11.2 Å². The van der Waals surface area contributed by atoms with Crippen LogP contribution in [-0.4, -0.2) is 35.2 Å². The van der Waals surface area contributed by atoms with Crippen molar-refractivity contribution in [2.45, 2.75) is 18.6 Å². The Labute approximate surface area is 80.8 Å². The van der Waals surface area contributed by atoms with Crippen LogP contribution in [0.25, 0.3) is 0 Å². The summed E-state index contributed by atoms with van der Waals surface area (Å²) >= 11 is 1.14. The number of hydrogen-bond acceptors (Lipinski definition) is 5. The lowest BCUT2D eigenvalue weighted by Gasteiger charge is -2.10. The van der Waals surface area contributed by atoms with E-state index in [9.17, 15) is 9.59 Å². The van der Waals surface area contributed by atoms with Gasteiger partial charge in [-0.1, -0.05) is 6.92 Å². The quantitative estimate of drug-likeness (QED) is 0.382. The maximum Gasteiger partial charge on any atom is 0.315 e. The molecule has 0 heterocycles. The van der Waals surface area contributed by atoms with Crippen LogP contribution in [0, 0.1) is 0 Å². The zero-order valence-corrected chi connectivity index (χ0v) is 8.39. The van der Waals surface area contributed by atoms with Crippen LogP contribution in [0.2, 0.25) is 0 Å². The molecule has 0 aromatic carbocycles. The molecule has 0 spiro atoms. The third-order valence-corrected chi connectivity index (χ3v) is 2.76. The Bertz CT molecular complexity index is 185. The van der Waals surface area contributed by atoms with E-state index in [1.54, 1.807) is 12.4 Å². The molecule has 0 aliphatic carbocycles. The zero-order valence-electron chi connectivity index (χ0n) is 7.57. The van der Waals surface area contributed by atoms with Gasteiger partial charge in [0.15, 0.2) is 0 Å². The minimum atomic E-state index is -0.489.